The molecule has 3 heteroatoms. The van der Waals surface area contributed by atoms with Crippen LogP contribution in [-0.2, 0) is 6.54 Å². The van der Waals surface area contributed by atoms with Crippen LogP contribution in [0.1, 0.15) is 16.7 Å². The Bertz CT molecular complexity index is 562. The van der Waals surface area contributed by atoms with Gasteiger partial charge in [-0.1, -0.05) is 18.2 Å². The van der Waals surface area contributed by atoms with Gasteiger partial charge in [0.25, 0.3) is 0 Å². The Kier molecular flexibility index (Phi) is 4.05. The summed E-state index contributed by atoms with van der Waals surface area (Å²) in [4.78, 5) is 6.41. The van der Waals surface area contributed by atoms with Crippen molar-refractivity contribution in [3.63, 3.8) is 0 Å². The van der Waals surface area contributed by atoms with E-state index in [0.29, 0.717) is 0 Å². The summed E-state index contributed by atoms with van der Waals surface area (Å²) in [5, 5.41) is 3.47. The average molecular weight is 255 g/mol. The number of anilines is 2. The molecule has 1 N–H and O–H groups in total. The second kappa shape index (κ2) is 5.74. The molecule has 0 spiro atoms. The van der Waals surface area contributed by atoms with Crippen LogP contribution in [0.25, 0.3) is 0 Å². The zero-order chi connectivity index (χ0) is 13.8. The Balaban J connectivity index is 2.17. The van der Waals surface area contributed by atoms with Gasteiger partial charge in [-0.15, -0.1) is 0 Å². The van der Waals surface area contributed by atoms with Gasteiger partial charge in [0.2, 0.25) is 0 Å². The Hall–Kier alpha value is -2.03. The van der Waals surface area contributed by atoms with Crippen molar-refractivity contribution in [3.8, 4) is 0 Å². The highest BCUT2D eigenvalue weighted by Crippen LogP contribution is 2.22. The molecule has 3 nitrogen and oxygen atoms in total. The molecular formula is C16H21N3. The predicted molar refractivity (Wildman–Crippen MR) is 81.8 cm³/mol. The molecule has 0 unspecified atom stereocenters. The van der Waals surface area contributed by atoms with Crippen molar-refractivity contribution in [3.05, 3.63) is 53.2 Å². The highest BCUT2D eigenvalue weighted by molar-refractivity contribution is 5.64. The molecule has 1 aromatic carbocycles. The first-order chi connectivity index (χ1) is 9.09. The minimum absolute atomic E-state index is 0.819. The number of nitrogens with one attached hydrogen (secondary N) is 1. The number of hydrogen-bond acceptors (Lipinski definition) is 3. The monoisotopic (exact) mass is 255 g/mol. The lowest BCUT2D eigenvalue weighted by Crippen LogP contribution is -2.14. The fourth-order valence-corrected chi connectivity index (χ4v) is 2.09. The number of nitrogens with zero attached hydrogens (tertiary/aromatic N) is 2. The van der Waals surface area contributed by atoms with Crippen LogP contribution in [-0.4, -0.2) is 19.1 Å². The molecule has 0 atom stereocenters. The van der Waals surface area contributed by atoms with E-state index in [1.165, 1.54) is 16.7 Å². The molecule has 0 aliphatic carbocycles. The van der Waals surface area contributed by atoms with Crippen LogP contribution in [0, 0.1) is 13.8 Å². The molecule has 0 amide bonds. The van der Waals surface area contributed by atoms with Crippen LogP contribution in [0.3, 0.4) is 0 Å². The van der Waals surface area contributed by atoms with Gasteiger partial charge in [-0.2, -0.15) is 0 Å². The summed E-state index contributed by atoms with van der Waals surface area (Å²) in [6.07, 6.45) is 1.82. The second-order valence-corrected chi connectivity index (χ2v) is 4.98. The van der Waals surface area contributed by atoms with Crippen LogP contribution in [0.2, 0.25) is 0 Å². The zero-order valence-corrected chi connectivity index (χ0v) is 12.1. The number of hydrogen-bond donors (Lipinski definition) is 1. The predicted octanol–water partition coefficient (Wildman–Crippen LogP) is 3.38. The minimum atomic E-state index is 0.819. The molecule has 0 radical (unpaired) electrons. The van der Waals surface area contributed by atoms with E-state index in [0.717, 1.165) is 18.1 Å². The standard InChI is InChI=1S/C16H21N3/c1-12-7-5-8-14(13(12)2)11-18-15-9-6-10-17-16(15)19(3)4/h5-10,18H,11H2,1-4H3. The third kappa shape index (κ3) is 3.05. The molecule has 0 bridgehead atoms. The van der Waals surface area contributed by atoms with Crippen molar-refractivity contribution >= 4 is 11.5 Å². The molecule has 2 aromatic rings. The van der Waals surface area contributed by atoms with Crippen molar-refractivity contribution in [2.45, 2.75) is 20.4 Å². The number of aromatic nitrogens is 1. The Labute approximate surface area is 115 Å². The summed E-state index contributed by atoms with van der Waals surface area (Å²) in [5.74, 6) is 0.966. The fourth-order valence-electron chi connectivity index (χ4n) is 2.09. The highest BCUT2D eigenvalue weighted by Gasteiger charge is 2.06. The van der Waals surface area contributed by atoms with E-state index in [4.69, 9.17) is 0 Å². The van der Waals surface area contributed by atoms with Gasteiger partial charge >= 0.3 is 0 Å². The Morgan fingerprint density at radius 1 is 1.11 bits per heavy atom. The highest BCUT2D eigenvalue weighted by atomic mass is 15.2. The third-order valence-corrected chi connectivity index (χ3v) is 3.40. The van der Waals surface area contributed by atoms with E-state index >= 15 is 0 Å². The fraction of sp³-hybridized carbons (Fsp3) is 0.312. The van der Waals surface area contributed by atoms with E-state index in [9.17, 15) is 0 Å². The van der Waals surface area contributed by atoms with Crippen LogP contribution in [0.5, 0.6) is 0 Å². The molecule has 2 rings (SSSR count). The number of aryl methyl sites for hydroxylation is 1. The normalized spacial score (nSPS) is 10.3. The summed E-state index contributed by atoms with van der Waals surface area (Å²) in [6.45, 7) is 5.14. The lowest BCUT2D eigenvalue weighted by atomic mass is 10.0. The topological polar surface area (TPSA) is 28.2 Å². The molecule has 0 saturated carbocycles. The molecular weight excluding hydrogens is 234 g/mol. The van der Waals surface area contributed by atoms with Crippen LogP contribution in [0.15, 0.2) is 36.5 Å². The third-order valence-electron chi connectivity index (χ3n) is 3.40. The van der Waals surface area contributed by atoms with Gasteiger partial charge < -0.3 is 10.2 Å². The van der Waals surface area contributed by atoms with Crippen molar-refractivity contribution in [1.29, 1.82) is 0 Å². The van der Waals surface area contributed by atoms with Crippen molar-refractivity contribution < 1.29 is 0 Å². The lowest BCUT2D eigenvalue weighted by Gasteiger charge is -2.17. The van der Waals surface area contributed by atoms with Gasteiger partial charge in [0.05, 0.1) is 5.69 Å². The van der Waals surface area contributed by atoms with Gasteiger partial charge in [-0.05, 0) is 42.7 Å². The quantitative estimate of drug-likeness (QED) is 0.907. The molecule has 0 fully saturated rings. The van der Waals surface area contributed by atoms with E-state index in [-0.39, 0.29) is 0 Å². The van der Waals surface area contributed by atoms with Crippen molar-refractivity contribution in [2.24, 2.45) is 0 Å². The second-order valence-electron chi connectivity index (χ2n) is 4.98. The van der Waals surface area contributed by atoms with Crippen LogP contribution >= 0.6 is 0 Å². The first-order valence-corrected chi connectivity index (χ1v) is 6.51. The van der Waals surface area contributed by atoms with Crippen LogP contribution < -0.4 is 10.2 Å². The first-order valence-electron chi connectivity index (χ1n) is 6.51. The summed E-state index contributed by atoms with van der Waals surface area (Å²) in [7, 11) is 4.01. The maximum Gasteiger partial charge on any atom is 0.151 e. The SMILES string of the molecule is Cc1cccc(CNc2cccnc2N(C)C)c1C. The molecule has 1 aromatic heterocycles. The smallest absolute Gasteiger partial charge is 0.151 e. The molecule has 1 heterocycles. The van der Waals surface area contributed by atoms with E-state index in [2.05, 4.69) is 48.4 Å². The maximum absolute atomic E-state index is 4.39. The van der Waals surface area contributed by atoms with E-state index in [1.54, 1.807) is 0 Å². The first kappa shape index (κ1) is 13.4. The number of benzene rings is 1. The van der Waals surface area contributed by atoms with Crippen molar-refractivity contribution in [2.75, 3.05) is 24.3 Å². The molecule has 0 saturated heterocycles. The summed E-state index contributed by atoms with van der Waals surface area (Å²) < 4.78 is 0. The number of pyridine rings is 1. The Morgan fingerprint density at radius 3 is 2.63 bits per heavy atom. The molecule has 0 aliphatic heterocycles. The Morgan fingerprint density at radius 2 is 1.89 bits per heavy atom. The molecule has 19 heavy (non-hydrogen) atoms. The van der Waals surface area contributed by atoms with Gasteiger partial charge in [-0.25, -0.2) is 4.98 Å². The van der Waals surface area contributed by atoms with Gasteiger partial charge in [0.15, 0.2) is 5.82 Å². The van der Waals surface area contributed by atoms with Gasteiger partial charge in [0, 0.05) is 26.8 Å². The zero-order valence-electron chi connectivity index (χ0n) is 12.1. The molecule has 100 valence electrons. The van der Waals surface area contributed by atoms with Crippen molar-refractivity contribution in [1.82, 2.24) is 4.98 Å². The van der Waals surface area contributed by atoms with Gasteiger partial charge in [0.1, 0.15) is 0 Å². The summed E-state index contributed by atoms with van der Waals surface area (Å²) >= 11 is 0. The summed E-state index contributed by atoms with van der Waals surface area (Å²) in [5.41, 5.74) is 5.07. The van der Waals surface area contributed by atoms with Gasteiger partial charge in [-0.3, -0.25) is 0 Å². The number of rotatable bonds is 4. The lowest BCUT2D eigenvalue weighted by molar-refractivity contribution is 1.04. The summed E-state index contributed by atoms with van der Waals surface area (Å²) in [6, 6.07) is 10.4. The molecule has 0 aliphatic rings. The van der Waals surface area contributed by atoms with E-state index < -0.39 is 0 Å². The largest absolute Gasteiger partial charge is 0.378 e. The van der Waals surface area contributed by atoms with E-state index in [1.807, 2.05) is 31.3 Å². The maximum atomic E-state index is 4.39. The average Bonchev–Trinajstić information content (AvgIpc) is 2.40. The minimum Gasteiger partial charge on any atom is -0.378 e. The van der Waals surface area contributed by atoms with Crippen LogP contribution in [0.4, 0.5) is 11.5 Å².